The van der Waals surface area contributed by atoms with E-state index in [0.29, 0.717) is 11.3 Å². The van der Waals surface area contributed by atoms with Crippen LogP contribution in [0.25, 0.3) is 0 Å². The standard InChI is InChI=1S/C11H15N3O3/c1-7(6-15)13-10(16)8-2-4-9(5-3-8)14-11(12)17/h2-5,7,15H,6H2,1H3,(H,13,16)(H3,12,14,17)/t7-/m1/s1. The zero-order valence-corrected chi connectivity index (χ0v) is 9.43. The van der Waals surface area contributed by atoms with E-state index in [1.54, 1.807) is 31.2 Å². The third-order valence-electron chi connectivity index (χ3n) is 2.07. The van der Waals surface area contributed by atoms with Crippen molar-refractivity contribution in [2.75, 3.05) is 11.9 Å². The van der Waals surface area contributed by atoms with E-state index in [1.807, 2.05) is 0 Å². The number of carbonyl (C=O) groups excluding carboxylic acids is 2. The molecule has 17 heavy (non-hydrogen) atoms. The molecule has 0 aliphatic heterocycles. The second-order valence-electron chi connectivity index (χ2n) is 3.62. The van der Waals surface area contributed by atoms with Crippen molar-refractivity contribution in [1.29, 1.82) is 0 Å². The lowest BCUT2D eigenvalue weighted by atomic mass is 10.2. The van der Waals surface area contributed by atoms with Gasteiger partial charge in [0.15, 0.2) is 0 Å². The molecule has 0 saturated heterocycles. The van der Waals surface area contributed by atoms with Crippen molar-refractivity contribution < 1.29 is 14.7 Å². The molecular weight excluding hydrogens is 222 g/mol. The highest BCUT2D eigenvalue weighted by Gasteiger charge is 2.08. The normalized spacial score (nSPS) is 11.6. The number of benzene rings is 1. The van der Waals surface area contributed by atoms with E-state index >= 15 is 0 Å². The zero-order chi connectivity index (χ0) is 12.8. The molecule has 0 bridgehead atoms. The van der Waals surface area contributed by atoms with Crippen LogP contribution in [0.5, 0.6) is 0 Å². The minimum absolute atomic E-state index is 0.118. The molecule has 92 valence electrons. The van der Waals surface area contributed by atoms with Crippen molar-refractivity contribution in [3.05, 3.63) is 29.8 Å². The average Bonchev–Trinajstić information content (AvgIpc) is 2.28. The van der Waals surface area contributed by atoms with E-state index < -0.39 is 6.03 Å². The molecule has 0 aliphatic carbocycles. The van der Waals surface area contributed by atoms with Crippen LogP contribution in [0.3, 0.4) is 0 Å². The van der Waals surface area contributed by atoms with Crippen molar-refractivity contribution in [3.63, 3.8) is 0 Å². The van der Waals surface area contributed by atoms with Gasteiger partial charge in [-0.15, -0.1) is 0 Å². The molecule has 6 nitrogen and oxygen atoms in total. The summed E-state index contributed by atoms with van der Waals surface area (Å²) in [5, 5.41) is 13.8. The molecule has 1 rings (SSSR count). The van der Waals surface area contributed by atoms with Crippen LogP contribution in [0, 0.1) is 0 Å². The Morgan fingerprint density at radius 1 is 1.35 bits per heavy atom. The second-order valence-corrected chi connectivity index (χ2v) is 3.62. The Kier molecular flexibility index (Phi) is 4.47. The van der Waals surface area contributed by atoms with Crippen LogP contribution in [0.1, 0.15) is 17.3 Å². The summed E-state index contributed by atoms with van der Waals surface area (Å²) in [6, 6.07) is 5.31. The number of nitrogens with one attached hydrogen (secondary N) is 2. The fourth-order valence-electron chi connectivity index (χ4n) is 1.20. The largest absolute Gasteiger partial charge is 0.394 e. The summed E-state index contributed by atoms with van der Waals surface area (Å²) in [7, 11) is 0. The van der Waals surface area contributed by atoms with Gasteiger partial charge in [-0.05, 0) is 31.2 Å². The fourth-order valence-corrected chi connectivity index (χ4v) is 1.20. The molecule has 0 fully saturated rings. The molecule has 3 amide bonds. The average molecular weight is 237 g/mol. The molecule has 0 radical (unpaired) electrons. The van der Waals surface area contributed by atoms with Gasteiger partial charge < -0.3 is 21.5 Å². The summed E-state index contributed by atoms with van der Waals surface area (Å²) in [6.07, 6.45) is 0. The summed E-state index contributed by atoms with van der Waals surface area (Å²) in [6.45, 7) is 1.58. The lowest BCUT2D eigenvalue weighted by Crippen LogP contribution is -2.34. The smallest absolute Gasteiger partial charge is 0.316 e. The lowest BCUT2D eigenvalue weighted by Gasteiger charge is -2.10. The number of urea groups is 1. The number of aliphatic hydroxyl groups is 1. The monoisotopic (exact) mass is 237 g/mol. The molecule has 0 spiro atoms. The zero-order valence-electron chi connectivity index (χ0n) is 9.43. The van der Waals surface area contributed by atoms with Crippen LogP contribution in [-0.4, -0.2) is 29.7 Å². The number of anilines is 1. The molecule has 0 aromatic heterocycles. The van der Waals surface area contributed by atoms with E-state index in [0.717, 1.165) is 0 Å². The van der Waals surface area contributed by atoms with Crippen LogP contribution in [-0.2, 0) is 0 Å². The Hall–Kier alpha value is -2.08. The summed E-state index contributed by atoms with van der Waals surface area (Å²) in [5.41, 5.74) is 5.91. The van der Waals surface area contributed by atoms with Gasteiger partial charge in [-0.1, -0.05) is 0 Å². The first kappa shape index (κ1) is 13.0. The van der Waals surface area contributed by atoms with Gasteiger partial charge in [0, 0.05) is 17.3 Å². The first-order valence-electron chi connectivity index (χ1n) is 5.11. The number of hydrogen-bond donors (Lipinski definition) is 4. The molecule has 1 aromatic carbocycles. The van der Waals surface area contributed by atoms with Gasteiger partial charge in [-0.25, -0.2) is 4.79 Å². The van der Waals surface area contributed by atoms with E-state index in [-0.39, 0.29) is 18.6 Å². The van der Waals surface area contributed by atoms with Crippen LogP contribution in [0.15, 0.2) is 24.3 Å². The fraction of sp³-hybridized carbons (Fsp3) is 0.273. The summed E-state index contributed by atoms with van der Waals surface area (Å²) in [4.78, 5) is 22.2. The van der Waals surface area contributed by atoms with E-state index in [9.17, 15) is 9.59 Å². The van der Waals surface area contributed by atoms with E-state index in [1.165, 1.54) is 0 Å². The summed E-state index contributed by atoms with van der Waals surface area (Å²) in [5.74, 6) is -0.280. The third kappa shape index (κ3) is 4.12. The lowest BCUT2D eigenvalue weighted by molar-refractivity contribution is 0.0922. The van der Waals surface area contributed by atoms with Crippen molar-refractivity contribution in [1.82, 2.24) is 5.32 Å². The Morgan fingerprint density at radius 2 is 1.94 bits per heavy atom. The first-order valence-corrected chi connectivity index (χ1v) is 5.11. The van der Waals surface area contributed by atoms with Gasteiger partial charge in [-0.2, -0.15) is 0 Å². The predicted octanol–water partition coefficient (Wildman–Crippen LogP) is 0.288. The van der Waals surface area contributed by atoms with E-state index in [4.69, 9.17) is 10.8 Å². The SMILES string of the molecule is C[C@H](CO)NC(=O)c1ccc(NC(N)=O)cc1. The number of aliphatic hydroxyl groups excluding tert-OH is 1. The van der Waals surface area contributed by atoms with Gasteiger partial charge in [0.25, 0.3) is 5.91 Å². The number of amides is 3. The topological polar surface area (TPSA) is 104 Å². The van der Waals surface area contributed by atoms with Gasteiger partial charge in [0.05, 0.1) is 6.61 Å². The number of rotatable bonds is 4. The van der Waals surface area contributed by atoms with E-state index in [2.05, 4.69) is 10.6 Å². The number of hydrogen-bond acceptors (Lipinski definition) is 3. The Morgan fingerprint density at radius 3 is 2.41 bits per heavy atom. The maximum atomic E-state index is 11.6. The Bertz CT molecular complexity index is 403. The van der Waals surface area contributed by atoms with Gasteiger partial charge in [0.1, 0.15) is 0 Å². The molecule has 0 aliphatic rings. The number of nitrogens with two attached hydrogens (primary N) is 1. The summed E-state index contributed by atoms with van der Waals surface area (Å²) < 4.78 is 0. The quantitative estimate of drug-likeness (QED) is 0.604. The number of carbonyl (C=O) groups is 2. The summed E-state index contributed by atoms with van der Waals surface area (Å²) >= 11 is 0. The van der Waals surface area contributed by atoms with Crippen molar-refractivity contribution in [3.8, 4) is 0 Å². The van der Waals surface area contributed by atoms with Crippen molar-refractivity contribution in [2.45, 2.75) is 13.0 Å². The van der Waals surface area contributed by atoms with Gasteiger partial charge in [-0.3, -0.25) is 4.79 Å². The minimum atomic E-state index is -0.656. The second kappa shape index (κ2) is 5.86. The van der Waals surface area contributed by atoms with Crippen molar-refractivity contribution in [2.24, 2.45) is 5.73 Å². The molecule has 1 atom stereocenters. The van der Waals surface area contributed by atoms with Crippen LogP contribution in [0.4, 0.5) is 10.5 Å². The molecule has 6 heteroatoms. The van der Waals surface area contributed by atoms with Crippen LogP contribution >= 0.6 is 0 Å². The maximum Gasteiger partial charge on any atom is 0.316 e. The molecule has 1 aromatic rings. The maximum absolute atomic E-state index is 11.6. The number of primary amides is 1. The molecule has 0 heterocycles. The van der Waals surface area contributed by atoms with Crippen LogP contribution in [0.2, 0.25) is 0 Å². The minimum Gasteiger partial charge on any atom is -0.394 e. The van der Waals surface area contributed by atoms with Crippen molar-refractivity contribution >= 4 is 17.6 Å². The van der Waals surface area contributed by atoms with Gasteiger partial charge in [0.2, 0.25) is 0 Å². The van der Waals surface area contributed by atoms with Crippen LogP contribution < -0.4 is 16.4 Å². The highest BCUT2D eigenvalue weighted by molar-refractivity contribution is 5.95. The Labute approximate surface area is 98.8 Å². The molecule has 0 unspecified atom stereocenters. The molecule has 0 saturated carbocycles. The Balaban J connectivity index is 2.67. The third-order valence-corrected chi connectivity index (χ3v) is 2.07. The molecular formula is C11H15N3O3. The first-order chi connectivity index (χ1) is 8.02. The highest BCUT2D eigenvalue weighted by atomic mass is 16.3. The van der Waals surface area contributed by atoms with Gasteiger partial charge >= 0.3 is 6.03 Å². The predicted molar refractivity (Wildman–Crippen MR) is 63.7 cm³/mol. The molecule has 5 N–H and O–H groups in total. The highest BCUT2D eigenvalue weighted by Crippen LogP contribution is 2.09.